The van der Waals surface area contributed by atoms with E-state index in [9.17, 15) is 0 Å². The highest BCUT2D eigenvalue weighted by Gasteiger charge is 2.25. The molecule has 10 heavy (non-hydrogen) atoms. The molecule has 1 rings (SSSR count). The van der Waals surface area contributed by atoms with Crippen LogP contribution in [0.2, 0.25) is 0 Å². The first-order valence-electron chi connectivity index (χ1n) is 3.80. The summed E-state index contributed by atoms with van der Waals surface area (Å²) < 4.78 is 0. The highest BCUT2D eigenvalue weighted by Crippen LogP contribution is 2.36. The lowest BCUT2D eigenvalue weighted by atomic mass is 9.94. The molecule has 2 unspecified atom stereocenters. The molecule has 2 atom stereocenters. The lowest BCUT2D eigenvalue weighted by Gasteiger charge is -2.10. The van der Waals surface area contributed by atoms with E-state index in [0.29, 0.717) is 18.3 Å². The molecule has 54 valence electrons. The Morgan fingerprint density at radius 2 is 2.50 bits per heavy atom. The van der Waals surface area contributed by atoms with Crippen molar-refractivity contribution >= 4 is 0 Å². The van der Waals surface area contributed by atoms with Gasteiger partial charge in [0.15, 0.2) is 0 Å². The minimum atomic E-state index is 0.583. The largest absolute Gasteiger partial charge is 0.198 e. The molecule has 1 heteroatoms. The van der Waals surface area contributed by atoms with Crippen molar-refractivity contribution in [3.05, 3.63) is 12.2 Å². The number of nitriles is 1. The van der Waals surface area contributed by atoms with Crippen molar-refractivity contribution in [3.63, 3.8) is 0 Å². The van der Waals surface area contributed by atoms with Crippen LogP contribution < -0.4 is 0 Å². The van der Waals surface area contributed by atoms with Gasteiger partial charge in [0, 0.05) is 6.42 Å². The van der Waals surface area contributed by atoms with Crippen molar-refractivity contribution in [1.82, 2.24) is 0 Å². The first kappa shape index (κ1) is 7.34. The zero-order chi connectivity index (χ0) is 7.56. The third kappa shape index (κ3) is 1.21. The van der Waals surface area contributed by atoms with Gasteiger partial charge in [-0.1, -0.05) is 19.1 Å². The Balaban J connectivity index is 2.50. The van der Waals surface area contributed by atoms with Crippen LogP contribution in [-0.2, 0) is 0 Å². The molecule has 1 fully saturated rings. The van der Waals surface area contributed by atoms with Crippen molar-refractivity contribution in [2.45, 2.75) is 26.2 Å². The lowest BCUT2D eigenvalue weighted by molar-refractivity contribution is 0.459. The molecule has 0 bridgehead atoms. The van der Waals surface area contributed by atoms with E-state index in [1.165, 1.54) is 12.0 Å². The lowest BCUT2D eigenvalue weighted by Crippen LogP contribution is -2.02. The van der Waals surface area contributed by atoms with E-state index < -0.39 is 0 Å². The fraction of sp³-hybridized carbons (Fsp3) is 0.667. The van der Waals surface area contributed by atoms with Crippen LogP contribution in [-0.4, -0.2) is 0 Å². The molecule has 0 spiro atoms. The summed E-state index contributed by atoms with van der Waals surface area (Å²) in [6.07, 6.45) is 3.02. The molecular formula is C9H13N. The fourth-order valence-electron chi connectivity index (χ4n) is 1.58. The van der Waals surface area contributed by atoms with Gasteiger partial charge in [0.1, 0.15) is 0 Å². The predicted octanol–water partition coefficient (Wildman–Crippen LogP) is 2.50. The monoisotopic (exact) mass is 135 g/mol. The van der Waals surface area contributed by atoms with Gasteiger partial charge in [0.25, 0.3) is 0 Å². The Hall–Kier alpha value is -0.770. The second-order valence-corrected chi connectivity index (χ2v) is 3.11. The highest BCUT2D eigenvalue weighted by molar-refractivity contribution is 5.08. The van der Waals surface area contributed by atoms with Gasteiger partial charge >= 0.3 is 0 Å². The minimum Gasteiger partial charge on any atom is -0.198 e. The van der Waals surface area contributed by atoms with E-state index in [-0.39, 0.29) is 0 Å². The molecule has 0 aliphatic heterocycles. The molecule has 0 aromatic rings. The minimum absolute atomic E-state index is 0.583. The van der Waals surface area contributed by atoms with Gasteiger partial charge in [0.2, 0.25) is 0 Å². The molecule has 0 saturated heterocycles. The number of rotatable bonds is 1. The van der Waals surface area contributed by atoms with Crippen LogP contribution in [0.5, 0.6) is 0 Å². The Morgan fingerprint density at radius 1 is 1.80 bits per heavy atom. The molecule has 0 amide bonds. The van der Waals surface area contributed by atoms with Crippen molar-refractivity contribution in [1.29, 1.82) is 5.26 Å². The van der Waals surface area contributed by atoms with Crippen molar-refractivity contribution in [2.24, 2.45) is 11.8 Å². The smallest absolute Gasteiger partial charge is 0.0624 e. The molecular weight excluding hydrogens is 122 g/mol. The standard InChI is InChI=1S/C9H13N/c1-7-3-4-9(5-6-10)8(7)2/h8-9H,1,3-5H2,2H3. The maximum absolute atomic E-state index is 8.45. The molecule has 0 aromatic carbocycles. The Morgan fingerprint density at radius 3 is 2.90 bits per heavy atom. The second kappa shape index (κ2) is 2.88. The van der Waals surface area contributed by atoms with Crippen molar-refractivity contribution < 1.29 is 0 Å². The predicted molar refractivity (Wildman–Crippen MR) is 41.3 cm³/mol. The summed E-state index contributed by atoms with van der Waals surface area (Å²) in [7, 11) is 0. The fourth-order valence-corrected chi connectivity index (χ4v) is 1.58. The third-order valence-electron chi connectivity index (χ3n) is 2.54. The maximum Gasteiger partial charge on any atom is 0.0624 e. The van der Waals surface area contributed by atoms with E-state index in [1.54, 1.807) is 0 Å². The summed E-state index contributed by atoms with van der Waals surface area (Å²) in [6, 6.07) is 2.22. The van der Waals surface area contributed by atoms with Gasteiger partial charge in [-0.2, -0.15) is 5.26 Å². The van der Waals surface area contributed by atoms with Crippen LogP contribution in [0.4, 0.5) is 0 Å². The van der Waals surface area contributed by atoms with Crippen LogP contribution in [0, 0.1) is 23.2 Å². The molecule has 0 radical (unpaired) electrons. The third-order valence-corrected chi connectivity index (χ3v) is 2.54. The van der Waals surface area contributed by atoms with Gasteiger partial charge < -0.3 is 0 Å². The molecule has 0 N–H and O–H groups in total. The SMILES string of the molecule is C=C1CCC(CC#N)C1C. The second-order valence-electron chi connectivity index (χ2n) is 3.11. The van der Waals surface area contributed by atoms with Crippen LogP contribution in [0.15, 0.2) is 12.2 Å². The molecule has 1 aliphatic rings. The summed E-state index contributed by atoms with van der Waals surface area (Å²) in [4.78, 5) is 0. The van der Waals surface area contributed by atoms with Gasteiger partial charge in [-0.25, -0.2) is 0 Å². The Bertz CT molecular complexity index is 176. The van der Waals surface area contributed by atoms with Crippen LogP contribution in [0.3, 0.4) is 0 Å². The Labute approximate surface area is 62.4 Å². The molecule has 1 saturated carbocycles. The topological polar surface area (TPSA) is 23.8 Å². The normalized spacial score (nSPS) is 32.2. The number of hydrogen-bond acceptors (Lipinski definition) is 1. The summed E-state index contributed by atoms with van der Waals surface area (Å²) in [6.45, 7) is 6.14. The molecule has 1 aliphatic carbocycles. The average molecular weight is 135 g/mol. The van der Waals surface area contributed by atoms with E-state index >= 15 is 0 Å². The van der Waals surface area contributed by atoms with Crippen molar-refractivity contribution in [2.75, 3.05) is 0 Å². The zero-order valence-electron chi connectivity index (χ0n) is 6.43. The number of nitrogens with zero attached hydrogens (tertiary/aromatic N) is 1. The molecule has 0 aromatic heterocycles. The summed E-state index contributed by atoms with van der Waals surface area (Å²) in [5.41, 5.74) is 1.33. The van der Waals surface area contributed by atoms with Crippen LogP contribution in [0.1, 0.15) is 26.2 Å². The van der Waals surface area contributed by atoms with Crippen LogP contribution in [0.25, 0.3) is 0 Å². The summed E-state index contributed by atoms with van der Waals surface area (Å²) >= 11 is 0. The molecule has 1 nitrogen and oxygen atoms in total. The quantitative estimate of drug-likeness (QED) is 0.507. The van der Waals surface area contributed by atoms with E-state index in [4.69, 9.17) is 5.26 Å². The Kier molecular flexibility index (Phi) is 2.11. The maximum atomic E-state index is 8.45. The van der Waals surface area contributed by atoms with Gasteiger partial charge in [-0.05, 0) is 24.7 Å². The van der Waals surface area contributed by atoms with Crippen LogP contribution >= 0.6 is 0 Å². The average Bonchev–Trinajstić information content (AvgIpc) is 2.20. The van der Waals surface area contributed by atoms with Gasteiger partial charge in [-0.15, -0.1) is 0 Å². The zero-order valence-corrected chi connectivity index (χ0v) is 6.43. The van der Waals surface area contributed by atoms with E-state index in [1.807, 2.05) is 0 Å². The van der Waals surface area contributed by atoms with Gasteiger partial charge in [-0.3, -0.25) is 0 Å². The van der Waals surface area contributed by atoms with E-state index in [2.05, 4.69) is 19.6 Å². The van der Waals surface area contributed by atoms with Gasteiger partial charge in [0.05, 0.1) is 6.07 Å². The first-order chi connectivity index (χ1) is 4.75. The summed E-state index contributed by atoms with van der Waals surface area (Å²) in [5.74, 6) is 1.18. The number of hydrogen-bond donors (Lipinski definition) is 0. The van der Waals surface area contributed by atoms with Crippen molar-refractivity contribution in [3.8, 4) is 6.07 Å². The van der Waals surface area contributed by atoms with E-state index in [0.717, 1.165) is 6.42 Å². The highest BCUT2D eigenvalue weighted by atomic mass is 14.3. The first-order valence-corrected chi connectivity index (χ1v) is 3.80. The molecule has 0 heterocycles. The summed E-state index contributed by atoms with van der Waals surface area (Å²) in [5, 5.41) is 8.45. The number of allylic oxidation sites excluding steroid dienone is 1.